The average Bonchev–Trinajstić information content (AvgIpc) is 3.16. The molecule has 0 saturated carbocycles. The maximum atomic E-state index is 15.5. The number of hydrogen-bond donors (Lipinski definition) is 0. The monoisotopic (exact) mass is 495 g/mol. The van der Waals surface area contributed by atoms with Crippen LogP contribution in [0.4, 0.5) is 4.39 Å². The second-order valence-electron chi connectivity index (χ2n) is 9.37. The third-order valence-electron chi connectivity index (χ3n) is 6.68. The number of allylic oxidation sites excluding steroid dienone is 3. The van der Waals surface area contributed by atoms with Crippen molar-refractivity contribution in [3.8, 4) is 17.2 Å². The molecule has 0 fully saturated rings. The third-order valence-corrected chi connectivity index (χ3v) is 6.99. The molecule has 182 valence electrons. The van der Waals surface area contributed by atoms with Crippen molar-refractivity contribution < 1.29 is 4.39 Å². The zero-order valence-corrected chi connectivity index (χ0v) is 22.4. The average molecular weight is 496 g/mol. The van der Waals surface area contributed by atoms with Gasteiger partial charge in [-0.3, -0.25) is 0 Å². The van der Waals surface area contributed by atoms with Crippen LogP contribution in [-0.2, 0) is 25.3 Å². The summed E-state index contributed by atoms with van der Waals surface area (Å²) in [7, 11) is 4.29. The Morgan fingerprint density at radius 2 is 2.00 bits per heavy atom. The smallest absolute Gasteiger partial charge is 0.146 e. The van der Waals surface area contributed by atoms with Crippen LogP contribution in [0, 0.1) is 18.3 Å². The maximum absolute atomic E-state index is 15.5. The molecule has 0 aliphatic heterocycles. The van der Waals surface area contributed by atoms with Gasteiger partial charge in [-0.05, 0) is 78.8 Å². The number of benzene rings is 3. The summed E-state index contributed by atoms with van der Waals surface area (Å²) >= 11 is 0. The highest BCUT2D eigenvalue weighted by Gasteiger charge is 2.25. The molecular formula is C31H31FN3P. The predicted octanol–water partition coefficient (Wildman–Crippen LogP) is 7.81. The van der Waals surface area contributed by atoms with Crippen molar-refractivity contribution in [3.63, 3.8) is 0 Å². The zero-order chi connectivity index (χ0) is 26.0. The maximum Gasteiger partial charge on any atom is 0.146 e. The molecule has 4 rings (SSSR count). The van der Waals surface area contributed by atoms with E-state index in [-0.39, 0.29) is 0 Å². The van der Waals surface area contributed by atoms with Gasteiger partial charge in [-0.15, -0.1) is 6.58 Å². The summed E-state index contributed by atoms with van der Waals surface area (Å²) in [6, 6.07) is 20.4. The molecule has 0 N–H and O–H groups in total. The van der Waals surface area contributed by atoms with Crippen molar-refractivity contribution >= 4 is 25.8 Å². The van der Waals surface area contributed by atoms with Gasteiger partial charge in [-0.25, -0.2) is 9.37 Å². The van der Waals surface area contributed by atoms with E-state index in [2.05, 4.69) is 46.2 Å². The van der Waals surface area contributed by atoms with Crippen molar-refractivity contribution in [1.82, 2.24) is 9.55 Å². The van der Waals surface area contributed by atoms with Gasteiger partial charge in [0, 0.05) is 19.0 Å². The third kappa shape index (κ3) is 5.03. The number of aromatic nitrogens is 2. The molecule has 2 atom stereocenters. The predicted molar refractivity (Wildman–Crippen MR) is 151 cm³/mol. The number of imidazole rings is 1. The highest BCUT2D eigenvalue weighted by molar-refractivity contribution is 7.18. The van der Waals surface area contributed by atoms with Crippen LogP contribution < -0.4 is 0 Å². The van der Waals surface area contributed by atoms with Crippen molar-refractivity contribution in [2.75, 3.05) is 0 Å². The van der Waals surface area contributed by atoms with Crippen LogP contribution in [0.5, 0.6) is 0 Å². The molecule has 0 saturated heterocycles. The fraction of sp³-hybridized carbons (Fsp3) is 0.226. The number of nitriles is 1. The number of aryl methyl sites for hydroxylation is 2. The van der Waals surface area contributed by atoms with Gasteiger partial charge in [0.15, 0.2) is 0 Å². The van der Waals surface area contributed by atoms with Gasteiger partial charge < -0.3 is 4.57 Å². The molecule has 0 amide bonds. The standard InChI is InChI=1S/C31H31FN3P/c1-6-9-30-34-28-17-26(27(31(4,32)36)18-29(28)35(30)5)24-11-8-10-21(15-24)14-22(7-2)23-13-12-20(3)25(16-23)19-33/h6-8,10-13,15-18H,1,9,14,36H2,2-5H3. The molecule has 5 heteroatoms. The molecule has 0 spiro atoms. The summed E-state index contributed by atoms with van der Waals surface area (Å²) in [5, 5.41) is 7.85. The molecular weight excluding hydrogens is 464 g/mol. The van der Waals surface area contributed by atoms with Gasteiger partial charge in [-0.2, -0.15) is 5.26 Å². The molecule has 0 radical (unpaired) electrons. The van der Waals surface area contributed by atoms with Crippen LogP contribution in [0.15, 0.2) is 73.3 Å². The summed E-state index contributed by atoms with van der Waals surface area (Å²) in [6.07, 6.45) is 5.27. The minimum atomic E-state index is -1.60. The van der Waals surface area contributed by atoms with Crippen LogP contribution in [0.2, 0.25) is 0 Å². The van der Waals surface area contributed by atoms with Crippen molar-refractivity contribution in [3.05, 3.63) is 107 Å². The fourth-order valence-corrected chi connectivity index (χ4v) is 4.86. The largest absolute Gasteiger partial charge is 0.331 e. The van der Waals surface area contributed by atoms with Crippen LogP contribution in [0.1, 0.15) is 47.5 Å². The highest BCUT2D eigenvalue weighted by atomic mass is 31.0. The quantitative estimate of drug-likeness (QED) is 0.194. The van der Waals surface area contributed by atoms with Crippen LogP contribution in [0.25, 0.3) is 27.7 Å². The van der Waals surface area contributed by atoms with Crippen molar-refractivity contribution in [2.45, 2.75) is 39.0 Å². The minimum absolute atomic E-state index is 0.605. The Labute approximate surface area is 215 Å². The number of nitrogens with zero attached hydrogens (tertiary/aromatic N) is 3. The van der Waals surface area contributed by atoms with Gasteiger partial charge in [0.2, 0.25) is 0 Å². The first-order valence-electron chi connectivity index (χ1n) is 12.0. The van der Waals surface area contributed by atoms with Crippen LogP contribution in [0.3, 0.4) is 0 Å². The van der Waals surface area contributed by atoms with E-state index in [0.29, 0.717) is 24.0 Å². The molecule has 4 aromatic rings. The molecule has 36 heavy (non-hydrogen) atoms. The van der Waals surface area contributed by atoms with Crippen LogP contribution >= 0.6 is 9.24 Å². The summed E-state index contributed by atoms with van der Waals surface area (Å²) in [6.45, 7) is 9.36. The van der Waals surface area contributed by atoms with E-state index in [1.54, 1.807) is 6.92 Å². The van der Waals surface area contributed by atoms with E-state index in [9.17, 15) is 5.26 Å². The molecule has 3 aromatic carbocycles. The van der Waals surface area contributed by atoms with Gasteiger partial charge in [0.05, 0.1) is 22.7 Å². The molecule has 2 unspecified atom stereocenters. The van der Waals surface area contributed by atoms with Crippen molar-refractivity contribution in [1.29, 1.82) is 5.26 Å². The van der Waals surface area contributed by atoms with E-state index in [1.807, 2.05) is 67.9 Å². The lowest BCUT2D eigenvalue weighted by Crippen LogP contribution is -2.07. The summed E-state index contributed by atoms with van der Waals surface area (Å²) < 4.78 is 17.5. The summed E-state index contributed by atoms with van der Waals surface area (Å²) in [5.74, 6) is 0.897. The second-order valence-corrected chi connectivity index (χ2v) is 10.5. The Hall–Kier alpha value is -3.54. The second kappa shape index (κ2) is 10.2. The topological polar surface area (TPSA) is 41.6 Å². The number of fused-ring (bicyclic) bond motifs is 1. The molecule has 1 aromatic heterocycles. The SMILES string of the molecule is C=CCc1nc2cc(-c3cccc(CC(=CC)c4ccc(C)c(C#N)c4)c3)c(C(C)(F)P)cc2n1C. The number of hydrogen-bond acceptors (Lipinski definition) is 2. The summed E-state index contributed by atoms with van der Waals surface area (Å²) in [4.78, 5) is 4.79. The Morgan fingerprint density at radius 3 is 2.67 bits per heavy atom. The van der Waals surface area contributed by atoms with E-state index in [0.717, 1.165) is 50.2 Å². The van der Waals surface area contributed by atoms with E-state index < -0.39 is 5.41 Å². The lowest BCUT2D eigenvalue weighted by atomic mass is 9.91. The molecule has 0 aliphatic rings. The summed E-state index contributed by atoms with van der Waals surface area (Å²) in [5.41, 5.74) is 9.07. The Kier molecular flexibility index (Phi) is 7.25. The molecule has 3 nitrogen and oxygen atoms in total. The first kappa shape index (κ1) is 25.5. The van der Waals surface area contributed by atoms with E-state index in [4.69, 9.17) is 4.98 Å². The van der Waals surface area contributed by atoms with Crippen LogP contribution in [-0.4, -0.2) is 9.55 Å². The van der Waals surface area contributed by atoms with Gasteiger partial charge in [-0.1, -0.05) is 57.8 Å². The number of alkyl halides is 1. The normalized spacial score (nSPS) is 13.4. The Balaban J connectivity index is 1.78. The van der Waals surface area contributed by atoms with E-state index in [1.165, 1.54) is 0 Å². The Bertz CT molecular complexity index is 1530. The lowest BCUT2D eigenvalue weighted by Gasteiger charge is -2.20. The van der Waals surface area contributed by atoms with E-state index >= 15 is 4.39 Å². The molecule has 0 bridgehead atoms. The number of halogens is 1. The van der Waals surface area contributed by atoms with Crippen molar-refractivity contribution in [2.24, 2.45) is 7.05 Å². The van der Waals surface area contributed by atoms with Gasteiger partial charge in [0.1, 0.15) is 11.2 Å². The number of rotatable bonds is 7. The Morgan fingerprint density at radius 1 is 1.22 bits per heavy atom. The highest BCUT2D eigenvalue weighted by Crippen LogP contribution is 2.41. The lowest BCUT2D eigenvalue weighted by molar-refractivity contribution is 0.325. The molecule has 0 aliphatic carbocycles. The first-order valence-corrected chi connectivity index (χ1v) is 12.6. The molecule has 1 heterocycles. The fourth-order valence-electron chi connectivity index (χ4n) is 4.62. The van der Waals surface area contributed by atoms with Gasteiger partial charge >= 0.3 is 0 Å². The zero-order valence-electron chi connectivity index (χ0n) is 21.3. The minimum Gasteiger partial charge on any atom is -0.331 e. The first-order chi connectivity index (χ1) is 17.2. The van der Waals surface area contributed by atoms with Gasteiger partial charge in [0.25, 0.3) is 0 Å².